The molecule has 10 heteroatoms. The van der Waals surface area contributed by atoms with Crippen molar-refractivity contribution in [1.29, 1.82) is 0 Å². The van der Waals surface area contributed by atoms with Crippen molar-refractivity contribution >= 4 is 56.8 Å². The summed E-state index contributed by atoms with van der Waals surface area (Å²) in [7, 11) is 1.84. The van der Waals surface area contributed by atoms with E-state index in [2.05, 4.69) is 50.6 Å². The molecule has 3 aromatic rings. The third-order valence-electron chi connectivity index (χ3n) is 5.41. The molecular formula is C25H29BrClN5O2S. The van der Waals surface area contributed by atoms with E-state index >= 15 is 0 Å². The molecule has 1 heterocycles. The normalized spacial score (nSPS) is 12.0. The van der Waals surface area contributed by atoms with Gasteiger partial charge in [-0.2, -0.15) is 0 Å². The number of thioether (sulfide) groups is 1. The second-order valence-corrected chi connectivity index (χ2v) is 11.1. The zero-order valence-electron chi connectivity index (χ0n) is 20.4. The van der Waals surface area contributed by atoms with Crippen LogP contribution in [0.3, 0.4) is 0 Å². The Balaban J connectivity index is 1.71. The van der Waals surface area contributed by atoms with Gasteiger partial charge in [0, 0.05) is 17.2 Å². The fourth-order valence-corrected chi connectivity index (χ4v) is 5.38. The minimum absolute atomic E-state index is 0.126. The van der Waals surface area contributed by atoms with Gasteiger partial charge >= 0.3 is 0 Å². The number of carbonyl (C=O) groups is 2. The number of carbonyl (C=O) groups excluding carboxylic acids is 2. The molecule has 35 heavy (non-hydrogen) atoms. The van der Waals surface area contributed by atoms with Gasteiger partial charge in [0.2, 0.25) is 5.91 Å². The van der Waals surface area contributed by atoms with Gasteiger partial charge in [0.05, 0.1) is 22.4 Å². The Labute approximate surface area is 223 Å². The Bertz CT molecular complexity index is 1210. The Hall–Kier alpha value is -2.36. The molecule has 0 fully saturated rings. The quantitative estimate of drug-likeness (QED) is 0.300. The number of benzene rings is 2. The monoisotopic (exact) mass is 577 g/mol. The maximum absolute atomic E-state index is 12.9. The lowest BCUT2D eigenvalue weighted by molar-refractivity contribution is -0.113. The van der Waals surface area contributed by atoms with E-state index in [0.717, 1.165) is 21.3 Å². The number of nitrogens with zero attached hydrogens (tertiary/aromatic N) is 3. The van der Waals surface area contributed by atoms with Crippen molar-refractivity contribution in [3.63, 3.8) is 0 Å². The first-order chi connectivity index (χ1) is 16.6. The molecule has 1 atom stereocenters. The van der Waals surface area contributed by atoms with Gasteiger partial charge in [0.1, 0.15) is 0 Å². The minimum atomic E-state index is -0.354. The minimum Gasteiger partial charge on any atom is -0.342 e. The lowest BCUT2D eigenvalue weighted by Crippen LogP contribution is -2.31. The van der Waals surface area contributed by atoms with Gasteiger partial charge in [0.15, 0.2) is 11.0 Å². The maximum Gasteiger partial charge on any atom is 0.253 e. The molecule has 1 aromatic heterocycles. The van der Waals surface area contributed by atoms with Crippen LogP contribution in [-0.2, 0) is 11.8 Å². The molecule has 0 aliphatic heterocycles. The SMILES string of the molecule is Cc1cc(Br)cc(C)c1NC(=O)CSc1nnc([C@@H](CC(C)C)NC(=O)c2ccccc2Cl)n1C. The number of halogens is 2. The van der Waals surface area contributed by atoms with E-state index < -0.39 is 0 Å². The molecule has 0 radical (unpaired) electrons. The lowest BCUT2D eigenvalue weighted by Gasteiger charge is -2.20. The Morgan fingerprint density at radius 1 is 1.14 bits per heavy atom. The summed E-state index contributed by atoms with van der Waals surface area (Å²) in [4.78, 5) is 25.5. The molecule has 0 aliphatic rings. The van der Waals surface area contributed by atoms with Crippen LogP contribution >= 0.6 is 39.3 Å². The molecule has 0 saturated heterocycles. The summed E-state index contributed by atoms with van der Waals surface area (Å²) in [6.45, 7) is 8.08. The highest BCUT2D eigenvalue weighted by molar-refractivity contribution is 9.10. The van der Waals surface area contributed by atoms with Gasteiger partial charge in [0.25, 0.3) is 5.91 Å². The van der Waals surface area contributed by atoms with Crippen molar-refractivity contribution in [1.82, 2.24) is 20.1 Å². The summed E-state index contributed by atoms with van der Waals surface area (Å²) >= 11 is 11.0. The van der Waals surface area contributed by atoms with Gasteiger partial charge in [-0.15, -0.1) is 10.2 Å². The fourth-order valence-electron chi connectivity index (χ4n) is 3.75. The molecule has 7 nitrogen and oxygen atoms in total. The van der Waals surface area contributed by atoms with Crippen LogP contribution in [0.4, 0.5) is 5.69 Å². The number of amides is 2. The second kappa shape index (κ2) is 12.1. The summed E-state index contributed by atoms with van der Waals surface area (Å²) in [6.07, 6.45) is 0.676. The molecule has 0 bridgehead atoms. The second-order valence-electron chi connectivity index (χ2n) is 8.79. The molecule has 2 N–H and O–H groups in total. The van der Waals surface area contributed by atoms with Gasteiger partial charge in [-0.25, -0.2) is 0 Å². The van der Waals surface area contributed by atoms with E-state index in [1.54, 1.807) is 24.3 Å². The van der Waals surface area contributed by atoms with Crippen molar-refractivity contribution in [3.8, 4) is 0 Å². The Morgan fingerprint density at radius 2 is 1.80 bits per heavy atom. The first-order valence-electron chi connectivity index (χ1n) is 11.2. The van der Waals surface area contributed by atoms with Crippen molar-refractivity contribution < 1.29 is 9.59 Å². The Morgan fingerprint density at radius 3 is 2.43 bits per heavy atom. The number of rotatable bonds is 9. The van der Waals surface area contributed by atoms with E-state index in [-0.39, 0.29) is 23.6 Å². The molecule has 0 aliphatic carbocycles. The Kier molecular flexibility index (Phi) is 9.38. The maximum atomic E-state index is 12.9. The van der Waals surface area contributed by atoms with Crippen LogP contribution in [0.25, 0.3) is 0 Å². The third-order valence-corrected chi connectivity index (χ3v) is 7.21. The number of hydrogen-bond acceptors (Lipinski definition) is 5. The molecule has 0 saturated carbocycles. The average Bonchev–Trinajstić information content (AvgIpc) is 3.14. The highest BCUT2D eigenvalue weighted by atomic mass is 79.9. The van der Waals surface area contributed by atoms with Crippen LogP contribution < -0.4 is 10.6 Å². The smallest absolute Gasteiger partial charge is 0.253 e. The van der Waals surface area contributed by atoms with Crippen LogP contribution in [0.1, 0.15) is 53.6 Å². The predicted molar refractivity (Wildman–Crippen MR) is 145 cm³/mol. The van der Waals surface area contributed by atoms with E-state index in [1.807, 2.05) is 37.6 Å². The number of anilines is 1. The predicted octanol–water partition coefficient (Wildman–Crippen LogP) is 6.10. The number of hydrogen-bond donors (Lipinski definition) is 2. The van der Waals surface area contributed by atoms with E-state index in [1.165, 1.54) is 11.8 Å². The molecule has 3 rings (SSSR count). The third kappa shape index (κ3) is 7.08. The highest BCUT2D eigenvalue weighted by Gasteiger charge is 2.24. The molecule has 2 amide bonds. The summed E-state index contributed by atoms with van der Waals surface area (Å²) < 4.78 is 2.80. The first-order valence-corrected chi connectivity index (χ1v) is 13.4. The number of aromatic nitrogens is 3. The van der Waals surface area contributed by atoms with E-state index in [9.17, 15) is 9.59 Å². The van der Waals surface area contributed by atoms with Gasteiger partial charge in [-0.05, 0) is 61.6 Å². The topological polar surface area (TPSA) is 88.9 Å². The highest BCUT2D eigenvalue weighted by Crippen LogP contribution is 2.27. The number of nitrogens with one attached hydrogen (secondary N) is 2. The average molecular weight is 579 g/mol. The molecule has 186 valence electrons. The molecule has 0 spiro atoms. The van der Waals surface area contributed by atoms with Crippen molar-refractivity contribution in [2.24, 2.45) is 13.0 Å². The zero-order valence-corrected chi connectivity index (χ0v) is 23.5. The summed E-state index contributed by atoms with van der Waals surface area (Å²) in [5.41, 5.74) is 3.20. The van der Waals surface area contributed by atoms with E-state index in [0.29, 0.717) is 33.9 Å². The van der Waals surface area contributed by atoms with Gasteiger partial charge in [-0.3, -0.25) is 9.59 Å². The van der Waals surface area contributed by atoms with Crippen LogP contribution in [0.15, 0.2) is 46.0 Å². The first kappa shape index (κ1) is 27.2. The lowest BCUT2D eigenvalue weighted by atomic mass is 10.0. The fraction of sp³-hybridized carbons (Fsp3) is 0.360. The van der Waals surface area contributed by atoms with Crippen molar-refractivity contribution in [2.75, 3.05) is 11.1 Å². The standard InChI is InChI=1S/C25H29BrClN5O2S/c1-14(2)10-20(28-24(34)18-8-6-7-9-19(18)27)23-30-31-25(32(23)5)35-13-21(33)29-22-15(3)11-17(26)12-16(22)4/h6-9,11-12,14,20H,10,13H2,1-5H3,(H,28,34)(H,29,33)/t20-/m1/s1. The zero-order chi connectivity index (χ0) is 25.7. The van der Waals surface area contributed by atoms with Crippen LogP contribution in [0.2, 0.25) is 5.02 Å². The van der Waals surface area contributed by atoms with Crippen molar-refractivity contribution in [3.05, 3.63) is 68.4 Å². The molecule has 0 unspecified atom stereocenters. The van der Waals surface area contributed by atoms with Crippen LogP contribution in [0.5, 0.6) is 0 Å². The number of aryl methyl sites for hydroxylation is 2. The van der Waals surface area contributed by atoms with Gasteiger partial charge in [-0.1, -0.05) is 65.3 Å². The van der Waals surface area contributed by atoms with Crippen LogP contribution in [0, 0.1) is 19.8 Å². The summed E-state index contributed by atoms with van der Waals surface area (Å²) in [5.74, 6) is 0.725. The van der Waals surface area contributed by atoms with Crippen LogP contribution in [-0.4, -0.2) is 32.3 Å². The van der Waals surface area contributed by atoms with Gasteiger partial charge < -0.3 is 15.2 Å². The summed E-state index contributed by atoms with van der Waals surface area (Å²) in [6, 6.07) is 10.5. The van der Waals surface area contributed by atoms with Crippen molar-refractivity contribution in [2.45, 2.75) is 45.3 Å². The largest absolute Gasteiger partial charge is 0.342 e. The molecule has 2 aromatic carbocycles. The molecular weight excluding hydrogens is 550 g/mol. The van der Waals surface area contributed by atoms with E-state index in [4.69, 9.17) is 11.6 Å². The summed E-state index contributed by atoms with van der Waals surface area (Å²) in [5, 5.41) is 15.7.